The third kappa shape index (κ3) is 6.14. The molecule has 7 nitrogen and oxygen atoms in total. The topological polar surface area (TPSA) is 88.5 Å². The summed E-state index contributed by atoms with van der Waals surface area (Å²) in [5, 5.41) is 23.5. The molecule has 55 heavy (non-hydrogen) atoms. The van der Waals surface area contributed by atoms with Crippen LogP contribution in [0.25, 0.3) is 0 Å². The number of hydrogen-bond donors (Lipinski definition) is 2. The fourth-order valence-corrected chi connectivity index (χ4v) is 16.7. The van der Waals surface area contributed by atoms with Crippen LogP contribution in [0.1, 0.15) is 95.5 Å². The van der Waals surface area contributed by atoms with Crippen LogP contribution >= 0.6 is 21.6 Å². The average molecular weight is 786 g/mol. The van der Waals surface area contributed by atoms with Gasteiger partial charge in [0, 0.05) is 47.9 Å². The maximum absolute atomic E-state index is 13.4. The fraction of sp³-hybridized carbons (Fsp3) is 0.674. The lowest BCUT2D eigenvalue weighted by Gasteiger charge is -2.54. The number of aliphatic hydroxyl groups excluding tert-OH is 2. The summed E-state index contributed by atoms with van der Waals surface area (Å²) in [5.41, 5.74) is 3.40. The van der Waals surface area contributed by atoms with Crippen molar-refractivity contribution in [3.8, 4) is 0 Å². The molecule has 0 aromatic heterocycles. The van der Waals surface area contributed by atoms with Crippen molar-refractivity contribution in [3.63, 3.8) is 0 Å². The summed E-state index contributed by atoms with van der Waals surface area (Å²) in [6.45, 7) is 2.69. The molecule has 9 aliphatic rings. The first-order chi connectivity index (χ1) is 26.9. The number of ether oxygens (including phenoxy) is 3. The van der Waals surface area contributed by atoms with Crippen molar-refractivity contribution in [1.29, 1.82) is 0 Å². The number of aliphatic hydroxyl groups is 2. The molecule has 0 radical (unpaired) electrons. The van der Waals surface area contributed by atoms with Gasteiger partial charge in [-0.25, -0.2) is 4.79 Å². The van der Waals surface area contributed by atoms with Crippen LogP contribution in [0.2, 0.25) is 0 Å². The van der Waals surface area contributed by atoms with Crippen molar-refractivity contribution < 1.29 is 29.2 Å². The minimum atomic E-state index is -0.571. The predicted molar refractivity (Wildman–Crippen MR) is 217 cm³/mol. The monoisotopic (exact) mass is 785 g/mol. The normalized spacial score (nSPS) is 43.2. The van der Waals surface area contributed by atoms with Crippen molar-refractivity contribution in [2.24, 2.45) is 52.8 Å². The van der Waals surface area contributed by atoms with E-state index in [9.17, 15) is 15.0 Å². The third-order valence-electron chi connectivity index (χ3n) is 16.3. The van der Waals surface area contributed by atoms with E-state index in [1.165, 1.54) is 81.8 Å². The van der Waals surface area contributed by atoms with Crippen LogP contribution in [0.4, 0.5) is 0 Å². The molecule has 3 bridgehead atoms. The first-order valence-corrected chi connectivity index (χ1v) is 24.0. The second-order valence-corrected chi connectivity index (χ2v) is 21.2. The molecule has 6 fully saturated rings. The highest BCUT2D eigenvalue weighted by atomic mass is 33.1. The van der Waals surface area contributed by atoms with Crippen LogP contribution in [0.3, 0.4) is 0 Å². The van der Waals surface area contributed by atoms with Gasteiger partial charge in [0.2, 0.25) is 5.76 Å². The molecule has 1 aromatic rings. The standard InChI is InChI=1S/C46H59NO6S2/c1-26-38-36-20-33-34-22-46(39(33)29-11-4-3-5-12-29)17-16-27(21-46)24-54-55-25-31-15-14-30(28-9-6-7-10-28)19-32(31)41(49)40(34)47(36)18-8-13-37(38)52-42(26)44-43(51-2)35(23-48)45(50)53-44/h3-5,11-13,15,26-28,30,32-34,36,38-41,48-49H,6-10,14,16-25H2,1-2H3/t26-,27+,30+,32+,33+,34-,36-,38+,39-,40+,41+,46+/m1/s1. The molecule has 4 aliphatic carbocycles. The fourth-order valence-electron chi connectivity index (χ4n) is 14.1. The largest absolute Gasteiger partial charge is 0.492 e. The number of fused-ring (bicyclic) bond motifs is 6. The molecule has 12 atom stereocenters. The van der Waals surface area contributed by atoms with Gasteiger partial charge in [0.1, 0.15) is 11.3 Å². The zero-order valence-corrected chi connectivity index (χ0v) is 34.2. The molecule has 9 heteroatoms. The molecule has 5 heterocycles. The van der Waals surface area contributed by atoms with E-state index in [-0.39, 0.29) is 46.6 Å². The number of allylic oxidation sites excluding steroid dienone is 2. The Bertz CT molecular complexity index is 1780. The van der Waals surface area contributed by atoms with E-state index in [0.717, 1.165) is 49.2 Å². The van der Waals surface area contributed by atoms with Gasteiger partial charge >= 0.3 is 5.97 Å². The highest BCUT2D eigenvalue weighted by Gasteiger charge is 2.64. The van der Waals surface area contributed by atoms with E-state index < -0.39 is 18.7 Å². The molecule has 0 unspecified atom stereocenters. The van der Waals surface area contributed by atoms with Gasteiger partial charge in [-0.15, -0.1) is 0 Å². The maximum Gasteiger partial charge on any atom is 0.345 e. The van der Waals surface area contributed by atoms with Crippen LogP contribution in [0.15, 0.2) is 76.7 Å². The van der Waals surface area contributed by atoms with Crippen LogP contribution in [0.5, 0.6) is 0 Å². The van der Waals surface area contributed by atoms with Crippen molar-refractivity contribution in [2.75, 3.05) is 31.8 Å². The number of benzene rings is 1. The SMILES string of the molecule is COC1=C(CO)C(=O)OC1=C1OC2=CCCN3[C@@H]4[C@@H](O)[C@H]5C[C@@H](C6CCCC6)CC=C5CSSC[C@H]5CC[C@]6(C5)C[C@@H]4[C@H](C[C@@H]3[C@@H]2[C@H]1C)[C@H]6c1ccccc1. The molecular weight excluding hydrogens is 727 g/mol. The Hall–Kier alpha value is -2.17. The second kappa shape index (κ2) is 14.9. The van der Waals surface area contributed by atoms with E-state index in [4.69, 9.17) is 14.2 Å². The smallest absolute Gasteiger partial charge is 0.345 e. The number of rotatable bonds is 4. The van der Waals surface area contributed by atoms with E-state index in [1.54, 1.807) is 0 Å². The zero-order chi connectivity index (χ0) is 37.4. The molecule has 2 N–H and O–H groups in total. The Balaban J connectivity index is 1.09. The van der Waals surface area contributed by atoms with Gasteiger partial charge in [0.15, 0.2) is 11.5 Å². The number of cyclic esters (lactones) is 1. The van der Waals surface area contributed by atoms with Gasteiger partial charge in [-0.3, -0.25) is 4.90 Å². The van der Waals surface area contributed by atoms with Crippen molar-refractivity contribution in [2.45, 2.75) is 108 Å². The number of nitrogens with zero attached hydrogens (tertiary/aromatic N) is 1. The third-order valence-corrected chi connectivity index (χ3v) is 18.8. The Labute approximate surface area is 335 Å². The molecule has 10 rings (SSSR count). The summed E-state index contributed by atoms with van der Waals surface area (Å²) in [5.74, 6) is 7.60. The summed E-state index contributed by atoms with van der Waals surface area (Å²) in [7, 11) is 5.68. The lowest BCUT2D eigenvalue weighted by molar-refractivity contribution is -0.133. The average Bonchev–Trinajstić information content (AvgIpc) is 4.02. The molecule has 296 valence electrons. The Kier molecular flexibility index (Phi) is 10.1. The van der Waals surface area contributed by atoms with Crippen LogP contribution < -0.4 is 0 Å². The van der Waals surface area contributed by atoms with Crippen molar-refractivity contribution >= 4 is 27.6 Å². The van der Waals surface area contributed by atoms with Gasteiger partial charge in [0.05, 0.1) is 19.8 Å². The number of methoxy groups -OCH3 is 1. The first-order valence-electron chi connectivity index (χ1n) is 21.5. The summed E-state index contributed by atoms with van der Waals surface area (Å²) >= 11 is 0. The number of carbonyl (C=O) groups excluding carboxylic acids is 1. The summed E-state index contributed by atoms with van der Waals surface area (Å²) < 4.78 is 18.3. The van der Waals surface area contributed by atoms with E-state index >= 15 is 0 Å². The highest BCUT2D eigenvalue weighted by molar-refractivity contribution is 8.76. The molecule has 1 spiro atoms. The second-order valence-electron chi connectivity index (χ2n) is 18.7. The van der Waals surface area contributed by atoms with Gasteiger partial charge < -0.3 is 24.4 Å². The molecule has 1 aromatic carbocycles. The van der Waals surface area contributed by atoms with Crippen LogP contribution in [-0.4, -0.2) is 71.0 Å². The van der Waals surface area contributed by atoms with E-state index in [2.05, 4.69) is 75.9 Å². The Morgan fingerprint density at radius 2 is 1.84 bits per heavy atom. The quantitative estimate of drug-likeness (QED) is 0.177. The molecule has 3 saturated carbocycles. The number of esters is 1. The van der Waals surface area contributed by atoms with Crippen LogP contribution in [-0.2, 0) is 19.0 Å². The Morgan fingerprint density at radius 1 is 1.00 bits per heavy atom. The minimum Gasteiger partial charge on any atom is -0.492 e. The summed E-state index contributed by atoms with van der Waals surface area (Å²) in [6, 6.07) is 11.7. The lowest BCUT2D eigenvalue weighted by Crippen LogP contribution is -2.62. The summed E-state index contributed by atoms with van der Waals surface area (Å²) in [4.78, 5) is 15.7. The molecular formula is C46H59NO6S2. The van der Waals surface area contributed by atoms with Gasteiger partial charge in [-0.1, -0.05) is 96.2 Å². The number of hydrogen-bond acceptors (Lipinski definition) is 9. The van der Waals surface area contributed by atoms with Gasteiger partial charge in [-0.2, -0.15) is 0 Å². The predicted octanol–water partition coefficient (Wildman–Crippen LogP) is 8.77. The lowest BCUT2D eigenvalue weighted by atomic mass is 9.64. The van der Waals surface area contributed by atoms with E-state index in [1.807, 2.05) is 0 Å². The number of piperidine rings is 1. The molecule has 5 aliphatic heterocycles. The van der Waals surface area contributed by atoms with Crippen LogP contribution in [0, 0.1) is 52.8 Å². The Morgan fingerprint density at radius 3 is 2.64 bits per heavy atom. The van der Waals surface area contributed by atoms with Gasteiger partial charge in [-0.05, 0) is 104 Å². The van der Waals surface area contributed by atoms with Gasteiger partial charge in [0.25, 0.3) is 0 Å². The highest BCUT2D eigenvalue weighted by Crippen LogP contribution is 2.69. The first kappa shape index (κ1) is 37.1. The van der Waals surface area contributed by atoms with E-state index in [0.29, 0.717) is 35.2 Å². The molecule has 0 amide bonds. The van der Waals surface area contributed by atoms with Crippen molar-refractivity contribution in [3.05, 3.63) is 82.2 Å². The minimum absolute atomic E-state index is 0.0541. The van der Waals surface area contributed by atoms with Crippen molar-refractivity contribution in [1.82, 2.24) is 4.90 Å². The maximum atomic E-state index is 13.4. The summed E-state index contributed by atoms with van der Waals surface area (Å²) in [6.07, 6.45) is 19.2. The zero-order valence-electron chi connectivity index (χ0n) is 32.6. The number of carbonyl (C=O) groups is 1. The molecule has 3 saturated heterocycles.